The van der Waals surface area contributed by atoms with Crippen LogP contribution in [0.25, 0.3) is 0 Å². The van der Waals surface area contributed by atoms with Crippen LogP contribution >= 0.6 is 0 Å². The third kappa shape index (κ3) is 4.50. The lowest BCUT2D eigenvalue weighted by Gasteiger charge is -2.35. The van der Waals surface area contributed by atoms with Gasteiger partial charge in [-0.15, -0.1) is 0 Å². The van der Waals surface area contributed by atoms with E-state index in [1.54, 1.807) is 0 Å². The fourth-order valence-corrected chi connectivity index (χ4v) is 5.22. The molecule has 2 aliphatic carbocycles. The van der Waals surface area contributed by atoms with Crippen LogP contribution in [0.15, 0.2) is 42.5 Å². The average molecular weight is 362 g/mol. The maximum absolute atomic E-state index is 12.4. The number of amides is 1. The first-order chi connectivity index (χ1) is 12.0. The predicted octanol–water partition coefficient (Wildman–Crippen LogP) is 2.45. The summed E-state index contributed by atoms with van der Waals surface area (Å²) in [4.78, 5) is 12.2. The van der Waals surface area contributed by atoms with Crippen molar-refractivity contribution in [1.82, 2.24) is 4.72 Å². The first-order valence-corrected chi connectivity index (χ1v) is 10.5. The van der Waals surface area contributed by atoms with Gasteiger partial charge in [0, 0.05) is 0 Å². The predicted molar refractivity (Wildman–Crippen MR) is 98.3 cm³/mol. The summed E-state index contributed by atoms with van der Waals surface area (Å²) >= 11 is 0. The van der Waals surface area contributed by atoms with Crippen LogP contribution < -0.4 is 10.5 Å². The highest BCUT2D eigenvalue weighted by molar-refractivity contribution is 7.90. The minimum Gasteiger partial charge on any atom is -0.320 e. The van der Waals surface area contributed by atoms with Crippen LogP contribution in [-0.2, 0) is 14.8 Å². The minimum atomic E-state index is -3.64. The van der Waals surface area contributed by atoms with Crippen LogP contribution in [0.1, 0.15) is 50.0 Å². The number of nitrogens with one attached hydrogen (secondary N) is 1. The van der Waals surface area contributed by atoms with Crippen LogP contribution in [0, 0.1) is 5.92 Å². The maximum atomic E-state index is 12.4. The van der Waals surface area contributed by atoms with Crippen LogP contribution in [0.2, 0.25) is 0 Å². The van der Waals surface area contributed by atoms with Crippen molar-refractivity contribution in [1.29, 1.82) is 0 Å². The first-order valence-electron chi connectivity index (χ1n) is 8.96. The Morgan fingerprint density at radius 1 is 1.20 bits per heavy atom. The van der Waals surface area contributed by atoms with Crippen molar-refractivity contribution < 1.29 is 13.2 Å². The highest BCUT2D eigenvalue weighted by Gasteiger charge is 2.40. The van der Waals surface area contributed by atoms with Crippen molar-refractivity contribution in [3.05, 3.63) is 48.0 Å². The van der Waals surface area contributed by atoms with E-state index in [1.807, 2.05) is 30.3 Å². The molecule has 1 aromatic rings. The Labute approximate surface area is 149 Å². The van der Waals surface area contributed by atoms with E-state index in [0.717, 1.165) is 24.8 Å². The van der Waals surface area contributed by atoms with Gasteiger partial charge in [0.2, 0.25) is 15.9 Å². The van der Waals surface area contributed by atoms with Gasteiger partial charge in [-0.1, -0.05) is 42.5 Å². The van der Waals surface area contributed by atoms with Crippen LogP contribution in [-0.4, -0.2) is 25.6 Å². The number of rotatable bonds is 6. The van der Waals surface area contributed by atoms with Crippen LogP contribution in [0.4, 0.5) is 0 Å². The second-order valence-corrected chi connectivity index (χ2v) is 9.17. The lowest BCUT2D eigenvalue weighted by molar-refractivity contribution is -0.121. The highest BCUT2D eigenvalue weighted by atomic mass is 32.2. The monoisotopic (exact) mass is 362 g/mol. The van der Waals surface area contributed by atoms with Gasteiger partial charge in [0.25, 0.3) is 0 Å². The molecule has 2 atom stereocenters. The third-order valence-electron chi connectivity index (χ3n) is 5.35. The van der Waals surface area contributed by atoms with Gasteiger partial charge in [-0.3, -0.25) is 9.52 Å². The Balaban J connectivity index is 1.49. The summed E-state index contributed by atoms with van der Waals surface area (Å²) in [6.07, 6.45) is 8.79. The molecule has 1 amide bonds. The minimum absolute atomic E-state index is 0.251. The quantitative estimate of drug-likeness (QED) is 0.761. The van der Waals surface area contributed by atoms with E-state index >= 15 is 0 Å². The standard InChI is InChI=1S/C19H26N2O3S/c20-18(11-14-7-3-1-4-8-14)19(22)21-25(23,24)17-12-16(13-17)15-9-5-2-6-10-15/h1-3,5-6,9-10,14,16-18H,4,7-8,11-13,20H2,(H,21,22). The number of allylic oxidation sites excluding steroid dienone is 2. The summed E-state index contributed by atoms with van der Waals surface area (Å²) in [5.41, 5.74) is 7.09. The van der Waals surface area contributed by atoms with Crippen LogP contribution in [0.5, 0.6) is 0 Å². The molecule has 2 aliphatic rings. The summed E-state index contributed by atoms with van der Waals surface area (Å²) in [7, 11) is -3.64. The van der Waals surface area contributed by atoms with Crippen molar-refractivity contribution >= 4 is 15.9 Å². The molecule has 6 heteroatoms. The molecule has 0 aliphatic heterocycles. The fraction of sp³-hybridized carbons (Fsp3) is 0.526. The molecular weight excluding hydrogens is 336 g/mol. The Kier molecular flexibility index (Phi) is 5.59. The Morgan fingerprint density at radius 3 is 2.56 bits per heavy atom. The SMILES string of the molecule is NC(CC1CC=CCC1)C(=O)NS(=O)(=O)C1CC(c2ccccc2)C1. The van der Waals surface area contributed by atoms with Gasteiger partial charge in [0.15, 0.2) is 0 Å². The smallest absolute Gasteiger partial charge is 0.250 e. The average Bonchev–Trinajstić information content (AvgIpc) is 2.54. The molecular formula is C19H26N2O3S. The highest BCUT2D eigenvalue weighted by Crippen LogP contribution is 2.40. The maximum Gasteiger partial charge on any atom is 0.250 e. The molecule has 0 spiro atoms. The normalized spacial score (nSPS) is 27.3. The zero-order valence-corrected chi connectivity index (χ0v) is 15.1. The topological polar surface area (TPSA) is 89.3 Å². The molecule has 0 saturated heterocycles. The van der Waals surface area contributed by atoms with E-state index in [2.05, 4.69) is 16.9 Å². The molecule has 3 N–H and O–H groups in total. The van der Waals surface area contributed by atoms with Gasteiger partial charge >= 0.3 is 0 Å². The van der Waals surface area contributed by atoms with Crippen molar-refractivity contribution in [2.75, 3.05) is 0 Å². The Hall–Kier alpha value is -1.66. The van der Waals surface area contributed by atoms with Gasteiger partial charge in [0.05, 0.1) is 11.3 Å². The van der Waals surface area contributed by atoms with E-state index in [-0.39, 0.29) is 5.92 Å². The van der Waals surface area contributed by atoms with E-state index in [4.69, 9.17) is 5.73 Å². The number of sulfonamides is 1. The first kappa shape index (κ1) is 18.1. The Morgan fingerprint density at radius 2 is 1.92 bits per heavy atom. The molecule has 1 aromatic carbocycles. The second kappa shape index (κ2) is 7.70. The molecule has 2 unspecified atom stereocenters. The Bertz CT molecular complexity index is 724. The molecule has 0 radical (unpaired) electrons. The molecule has 0 aromatic heterocycles. The van der Waals surface area contributed by atoms with Gasteiger partial charge in [-0.05, 0) is 55.9 Å². The van der Waals surface area contributed by atoms with E-state index in [9.17, 15) is 13.2 Å². The summed E-state index contributed by atoms with van der Waals surface area (Å²) in [5, 5.41) is -0.508. The number of carbonyl (C=O) groups excluding carboxylic acids is 1. The zero-order chi connectivity index (χ0) is 17.9. The molecule has 1 fully saturated rings. The van der Waals surface area contributed by atoms with E-state index in [0.29, 0.717) is 25.2 Å². The lowest BCUT2D eigenvalue weighted by atomic mass is 9.79. The van der Waals surface area contributed by atoms with E-state index < -0.39 is 27.2 Å². The zero-order valence-electron chi connectivity index (χ0n) is 14.3. The molecule has 25 heavy (non-hydrogen) atoms. The number of hydrogen-bond donors (Lipinski definition) is 2. The van der Waals surface area contributed by atoms with Gasteiger partial charge in [-0.2, -0.15) is 0 Å². The fourth-order valence-electron chi connectivity index (χ4n) is 3.65. The van der Waals surface area contributed by atoms with Crippen molar-refractivity contribution in [3.63, 3.8) is 0 Å². The summed E-state index contributed by atoms with van der Waals surface area (Å²) < 4.78 is 27.0. The number of nitrogens with two attached hydrogens (primary N) is 1. The number of hydrogen-bond acceptors (Lipinski definition) is 4. The summed E-state index contributed by atoms with van der Waals surface area (Å²) in [6.45, 7) is 0. The van der Waals surface area contributed by atoms with E-state index in [1.165, 1.54) is 0 Å². The van der Waals surface area contributed by atoms with Crippen molar-refractivity contribution in [2.24, 2.45) is 11.7 Å². The molecule has 3 rings (SSSR count). The molecule has 136 valence electrons. The number of benzene rings is 1. The van der Waals surface area contributed by atoms with Crippen molar-refractivity contribution in [3.8, 4) is 0 Å². The molecule has 1 saturated carbocycles. The van der Waals surface area contributed by atoms with Crippen LogP contribution in [0.3, 0.4) is 0 Å². The largest absolute Gasteiger partial charge is 0.320 e. The second-order valence-electron chi connectivity index (χ2n) is 7.21. The molecule has 0 heterocycles. The number of carbonyl (C=O) groups is 1. The van der Waals surface area contributed by atoms with Gasteiger partial charge in [0.1, 0.15) is 0 Å². The van der Waals surface area contributed by atoms with Gasteiger partial charge < -0.3 is 5.73 Å². The molecule has 5 nitrogen and oxygen atoms in total. The molecule has 0 bridgehead atoms. The third-order valence-corrected chi connectivity index (χ3v) is 7.10. The van der Waals surface area contributed by atoms with Gasteiger partial charge in [-0.25, -0.2) is 8.42 Å². The summed E-state index contributed by atoms with van der Waals surface area (Å²) in [5.74, 6) is 0.0397. The lowest BCUT2D eigenvalue weighted by Crippen LogP contribution is -2.49. The van der Waals surface area contributed by atoms with Crippen molar-refractivity contribution in [2.45, 2.75) is 55.7 Å². The summed E-state index contributed by atoms with van der Waals surface area (Å²) in [6, 6.07) is 9.12.